The van der Waals surface area contributed by atoms with Crippen LogP contribution in [0.5, 0.6) is 0 Å². The minimum Gasteiger partial charge on any atom is -0.478 e. The van der Waals surface area contributed by atoms with E-state index in [1.807, 2.05) is 12.1 Å². The highest BCUT2D eigenvalue weighted by molar-refractivity contribution is 6.07. The maximum absolute atomic E-state index is 11.9. The molecule has 5 heteroatoms. The van der Waals surface area contributed by atoms with Gasteiger partial charge in [-0.05, 0) is 41.3 Å². The minimum atomic E-state index is -1.03. The van der Waals surface area contributed by atoms with Crippen molar-refractivity contribution in [2.45, 2.75) is 26.2 Å². The van der Waals surface area contributed by atoms with Crippen molar-refractivity contribution >= 4 is 28.5 Å². The van der Waals surface area contributed by atoms with E-state index in [9.17, 15) is 14.7 Å². The largest absolute Gasteiger partial charge is 0.478 e. The summed E-state index contributed by atoms with van der Waals surface area (Å²) in [7, 11) is 0. The Bertz CT molecular complexity index is 1080. The number of carbonyl (C=O) groups is 2. The van der Waals surface area contributed by atoms with E-state index in [1.165, 1.54) is 23.8 Å². The second-order valence-electron chi connectivity index (χ2n) is 7.61. The molecule has 1 amide bonds. The van der Waals surface area contributed by atoms with E-state index in [4.69, 9.17) is 0 Å². The zero-order chi connectivity index (χ0) is 20.5. The minimum absolute atomic E-state index is 0.0365. The van der Waals surface area contributed by atoms with Gasteiger partial charge in [-0.15, -0.1) is 0 Å². The van der Waals surface area contributed by atoms with Gasteiger partial charge in [-0.25, -0.2) is 9.78 Å². The van der Waals surface area contributed by atoms with Crippen molar-refractivity contribution in [2.24, 2.45) is 0 Å². The Balaban J connectivity index is 2.17. The number of benzene rings is 2. The summed E-state index contributed by atoms with van der Waals surface area (Å²) in [6, 6.07) is 14.5. The molecule has 0 radical (unpaired) electrons. The molecule has 0 saturated heterocycles. The number of amides is 1. The molecule has 0 unspecified atom stereocenters. The first kappa shape index (κ1) is 19.3. The molecule has 0 aliphatic rings. The lowest BCUT2D eigenvalue weighted by Crippen LogP contribution is -2.10. The Morgan fingerprint density at radius 3 is 2.32 bits per heavy atom. The molecule has 3 aromatic rings. The van der Waals surface area contributed by atoms with Gasteiger partial charge in [-0.2, -0.15) is 0 Å². The molecule has 0 spiro atoms. The third kappa shape index (κ3) is 3.93. The third-order valence-corrected chi connectivity index (χ3v) is 4.55. The topological polar surface area (TPSA) is 79.3 Å². The molecule has 1 aromatic heterocycles. The zero-order valence-electron chi connectivity index (χ0n) is 16.1. The Morgan fingerprint density at radius 2 is 1.75 bits per heavy atom. The highest BCUT2D eigenvalue weighted by Crippen LogP contribution is 2.31. The zero-order valence-corrected chi connectivity index (χ0v) is 16.1. The maximum atomic E-state index is 11.9. The van der Waals surface area contributed by atoms with Crippen LogP contribution in [0.15, 0.2) is 61.2 Å². The van der Waals surface area contributed by atoms with Crippen molar-refractivity contribution in [1.29, 1.82) is 0 Å². The Labute approximate surface area is 163 Å². The number of rotatable bonds is 4. The van der Waals surface area contributed by atoms with Crippen LogP contribution < -0.4 is 5.32 Å². The molecule has 3 rings (SSSR count). The number of aromatic nitrogens is 1. The smallest absolute Gasteiger partial charge is 0.335 e. The first-order valence-corrected chi connectivity index (χ1v) is 8.91. The number of hydrogen-bond donors (Lipinski definition) is 2. The van der Waals surface area contributed by atoms with E-state index >= 15 is 0 Å². The summed E-state index contributed by atoms with van der Waals surface area (Å²) in [5.74, 6) is -1.37. The lowest BCUT2D eigenvalue weighted by atomic mass is 9.86. The SMILES string of the molecule is C=CC(=O)Nc1cc(-c2ccc(C(C)(C)C)cc2)nc2cc(C(=O)O)ccc12. The van der Waals surface area contributed by atoms with Crippen molar-refractivity contribution in [3.8, 4) is 11.3 Å². The van der Waals surface area contributed by atoms with Gasteiger partial charge in [0.1, 0.15) is 0 Å². The van der Waals surface area contributed by atoms with E-state index in [1.54, 1.807) is 12.1 Å². The molecular weight excluding hydrogens is 352 g/mol. The van der Waals surface area contributed by atoms with Gasteiger partial charge >= 0.3 is 5.97 Å². The number of aromatic carboxylic acids is 1. The standard InChI is InChI=1S/C23H22N2O3/c1-5-21(26)25-20-13-18(14-6-9-16(10-7-14)23(2,3)4)24-19-12-15(22(27)28)8-11-17(19)20/h5-13H,1H2,2-4H3,(H,27,28)(H,24,25,26). The monoisotopic (exact) mass is 374 g/mol. The molecule has 28 heavy (non-hydrogen) atoms. The number of carboxylic acid groups (broad SMARTS) is 1. The number of hydrogen-bond acceptors (Lipinski definition) is 3. The number of carbonyl (C=O) groups excluding carboxylic acids is 1. The molecule has 0 aliphatic carbocycles. The van der Waals surface area contributed by atoms with Crippen LogP contribution in [0.25, 0.3) is 22.2 Å². The summed E-state index contributed by atoms with van der Waals surface area (Å²) in [5, 5.41) is 12.7. The molecule has 142 valence electrons. The van der Waals surface area contributed by atoms with Gasteiger partial charge in [0.15, 0.2) is 0 Å². The van der Waals surface area contributed by atoms with Crippen molar-refractivity contribution in [3.05, 3.63) is 72.3 Å². The number of nitrogens with one attached hydrogen (secondary N) is 1. The number of anilines is 1. The number of pyridine rings is 1. The van der Waals surface area contributed by atoms with Gasteiger partial charge in [0.2, 0.25) is 5.91 Å². The van der Waals surface area contributed by atoms with E-state index in [2.05, 4.69) is 49.8 Å². The van der Waals surface area contributed by atoms with Gasteiger partial charge in [0.05, 0.1) is 22.5 Å². The fourth-order valence-electron chi connectivity index (χ4n) is 2.94. The maximum Gasteiger partial charge on any atom is 0.335 e. The summed E-state index contributed by atoms with van der Waals surface area (Å²) >= 11 is 0. The number of nitrogens with zero attached hydrogens (tertiary/aromatic N) is 1. The van der Waals surface area contributed by atoms with Crippen LogP contribution in [0, 0.1) is 0 Å². The van der Waals surface area contributed by atoms with Gasteiger partial charge in [-0.3, -0.25) is 4.79 Å². The predicted octanol–water partition coefficient (Wildman–Crippen LogP) is 5.02. The quantitative estimate of drug-likeness (QED) is 0.628. The molecule has 2 N–H and O–H groups in total. The Morgan fingerprint density at radius 1 is 1.07 bits per heavy atom. The van der Waals surface area contributed by atoms with Crippen LogP contribution in [0.3, 0.4) is 0 Å². The van der Waals surface area contributed by atoms with Crippen LogP contribution in [0.4, 0.5) is 5.69 Å². The van der Waals surface area contributed by atoms with E-state index in [0.717, 1.165) is 5.56 Å². The van der Waals surface area contributed by atoms with Gasteiger partial charge in [0.25, 0.3) is 0 Å². The second kappa shape index (κ2) is 7.27. The first-order valence-electron chi connectivity index (χ1n) is 8.91. The van der Waals surface area contributed by atoms with Crippen molar-refractivity contribution < 1.29 is 14.7 Å². The van der Waals surface area contributed by atoms with Gasteiger partial charge in [-0.1, -0.05) is 51.6 Å². The van der Waals surface area contributed by atoms with Crippen LogP contribution in [0.1, 0.15) is 36.7 Å². The lowest BCUT2D eigenvalue weighted by molar-refractivity contribution is -0.111. The van der Waals surface area contributed by atoms with Crippen LogP contribution in [0.2, 0.25) is 0 Å². The fraction of sp³-hybridized carbons (Fsp3) is 0.174. The molecule has 5 nitrogen and oxygen atoms in total. The van der Waals surface area contributed by atoms with Crippen molar-refractivity contribution in [1.82, 2.24) is 4.98 Å². The summed E-state index contributed by atoms with van der Waals surface area (Å²) in [6.45, 7) is 9.92. The van der Waals surface area contributed by atoms with E-state index < -0.39 is 5.97 Å². The van der Waals surface area contributed by atoms with Crippen LogP contribution >= 0.6 is 0 Å². The molecule has 0 atom stereocenters. The molecular formula is C23H22N2O3. The van der Waals surface area contributed by atoms with Crippen molar-refractivity contribution in [3.63, 3.8) is 0 Å². The highest BCUT2D eigenvalue weighted by atomic mass is 16.4. The highest BCUT2D eigenvalue weighted by Gasteiger charge is 2.15. The number of fused-ring (bicyclic) bond motifs is 1. The lowest BCUT2D eigenvalue weighted by Gasteiger charge is -2.19. The summed E-state index contributed by atoms with van der Waals surface area (Å²) < 4.78 is 0. The summed E-state index contributed by atoms with van der Waals surface area (Å²) in [4.78, 5) is 27.8. The predicted molar refractivity (Wildman–Crippen MR) is 112 cm³/mol. The summed E-state index contributed by atoms with van der Waals surface area (Å²) in [5.41, 5.74) is 3.96. The molecule has 0 bridgehead atoms. The molecule has 2 aromatic carbocycles. The van der Waals surface area contributed by atoms with Crippen LogP contribution in [-0.2, 0) is 10.2 Å². The average Bonchev–Trinajstić information content (AvgIpc) is 2.66. The summed E-state index contributed by atoms with van der Waals surface area (Å²) in [6.07, 6.45) is 1.19. The normalized spacial score (nSPS) is 11.2. The first-order chi connectivity index (χ1) is 13.2. The second-order valence-corrected chi connectivity index (χ2v) is 7.61. The average molecular weight is 374 g/mol. The number of carboxylic acids is 1. The molecule has 0 aliphatic heterocycles. The Hall–Kier alpha value is -3.47. The van der Waals surface area contributed by atoms with Gasteiger partial charge in [0, 0.05) is 10.9 Å². The van der Waals surface area contributed by atoms with Gasteiger partial charge < -0.3 is 10.4 Å². The molecule has 1 heterocycles. The molecule has 0 fully saturated rings. The van der Waals surface area contributed by atoms with Crippen molar-refractivity contribution in [2.75, 3.05) is 5.32 Å². The molecule has 0 saturated carbocycles. The third-order valence-electron chi connectivity index (χ3n) is 4.55. The fourth-order valence-corrected chi connectivity index (χ4v) is 2.94. The van der Waals surface area contributed by atoms with E-state index in [-0.39, 0.29) is 16.9 Å². The van der Waals surface area contributed by atoms with Crippen LogP contribution in [-0.4, -0.2) is 22.0 Å². The van der Waals surface area contributed by atoms with E-state index in [0.29, 0.717) is 22.3 Å². The Kier molecular flexibility index (Phi) is 5.01.